The minimum atomic E-state index is 0.665. The summed E-state index contributed by atoms with van der Waals surface area (Å²) in [5.74, 6) is 0. The molecular weight excluding hydrogens is 216 g/mol. The molecule has 0 amide bonds. The number of hydrogen-bond donors (Lipinski definition) is 2. The van der Waals surface area contributed by atoms with Crippen LogP contribution >= 0.6 is 0 Å². The van der Waals surface area contributed by atoms with Crippen LogP contribution in [-0.4, -0.2) is 33.5 Å². The van der Waals surface area contributed by atoms with E-state index < -0.39 is 0 Å². The minimum Gasteiger partial charge on any atom is -0.397 e. The number of nitrogens with two attached hydrogens (primary N) is 1. The van der Waals surface area contributed by atoms with Crippen LogP contribution in [-0.2, 0) is 9.47 Å². The van der Waals surface area contributed by atoms with Crippen molar-refractivity contribution in [1.82, 2.24) is 0 Å². The Hall–Kier alpha value is -1.26. The van der Waals surface area contributed by atoms with Gasteiger partial charge in [-0.15, -0.1) is 0 Å². The molecule has 1 aromatic rings. The lowest BCUT2D eigenvalue weighted by Crippen LogP contribution is -2.07. The van der Waals surface area contributed by atoms with E-state index in [0.29, 0.717) is 13.2 Å². The number of anilines is 2. The smallest absolute Gasteiger partial charge is 0.0700 e. The molecule has 4 heteroatoms. The number of nitrogen functional groups attached to an aromatic ring is 1. The maximum absolute atomic E-state index is 5.82. The van der Waals surface area contributed by atoms with E-state index in [1.165, 1.54) is 0 Å². The summed E-state index contributed by atoms with van der Waals surface area (Å²) in [5, 5.41) is 3.31. The van der Waals surface area contributed by atoms with Gasteiger partial charge in [-0.3, -0.25) is 0 Å². The average molecular weight is 238 g/mol. The molecule has 0 spiro atoms. The monoisotopic (exact) mass is 238 g/mol. The van der Waals surface area contributed by atoms with Gasteiger partial charge in [-0.25, -0.2) is 0 Å². The predicted molar refractivity (Wildman–Crippen MR) is 71.3 cm³/mol. The van der Waals surface area contributed by atoms with Crippen LogP contribution in [0.3, 0.4) is 0 Å². The number of ether oxygens (including phenoxy) is 2. The third-order valence-electron chi connectivity index (χ3n) is 2.42. The van der Waals surface area contributed by atoms with Gasteiger partial charge in [0, 0.05) is 20.3 Å². The second-order valence-corrected chi connectivity index (χ2v) is 3.83. The highest BCUT2D eigenvalue weighted by Gasteiger charge is 1.95. The second kappa shape index (κ2) is 8.84. The number of benzene rings is 1. The van der Waals surface area contributed by atoms with Gasteiger partial charge in [-0.2, -0.15) is 0 Å². The lowest BCUT2D eigenvalue weighted by atomic mass is 10.2. The standard InChI is InChI=1S/C13H22N2O2/c1-16-10-11-17-9-5-4-8-15-13-7-3-2-6-12(13)14/h2-3,6-7,15H,4-5,8-11,14H2,1H3. The first-order valence-electron chi connectivity index (χ1n) is 5.99. The SMILES string of the molecule is COCCOCCCCNc1ccccc1N. The first kappa shape index (κ1) is 13.8. The van der Waals surface area contributed by atoms with Crippen molar-refractivity contribution in [3.63, 3.8) is 0 Å². The van der Waals surface area contributed by atoms with Gasteiger partial charge in [0.1, 0.15) is 0 Å². The Morgan fingerprint density at radius 1 is 1.12 bits per heavy atom. The van der Waals surface area contributed by atoms with Crippen LogP contribution in [0.15, 0.2) is 24.3 Å². The first-order chi connectivity index (χ1) is 8.34. The summed E-state index contributed by atoms with van der Waals surface area (Å²) >= 11 is 0. The third kappa shape index (κ3) is 6.14. The molecule has 1 rings (SSSR count). The Morgan fingerprint density at radius 2 is 1.94 bits per heavy atom. The largest absolute Gasteiger partial charge is 0.397 e. The number of nitrogens with one attached hydrogen (secondary N) is 1. The van der Waals surface area contributed by atoms with Crippen molar-refractivity contribution in [3.8, 4) is 0 Å². The Balaban J connectivity index is 1.99. The molecule has 0 atom stereocenters. The van der Waals surface area contributed by atoms with Gasteiger partial charge in [-0.1, -0.05) is 12.1 Å². The van der Waals surface area contributed by atoms with Crippen molar-refractivity contribution in [1.29, 1.82) is 0 Å². The third-order valence-corrected chi connectivity index (χ3v) is 2.42. The van der Waals surface area contributed by atoms with E-state index >= 15 is 0 Å². The molecule has 4 nitrogen and oxygen atoms in total. The summed E-state index contributed by atoms with van der Waals surface area (Å²) in [6, 6.07) is 7.80. The molecule has 0 aromatic heterocycles. The van der Waals surface area contributed by atoms with E-state index in [1.807, 2.05) is 24.3 Å². The Labute approximate surface area is 103 Å². The van der Waals surface area contributed by atoms with E-state index in [4.69, 9.17) is 15.2 Å². The molecule has 17 heavy (non-hydrogen) atoms. The maximum atomic E-state index is 5.82. The number of methoxy groups -OCH3 is 1. The molecule has 0 aliphatic heterocycles. The number of unbranched alkanes of at least 4 members (excludes halogenated alkanes) is 1. The lowest BCUT2D eigenvalue weighted by Gasteiger charge is -2.08. The lowest BCUT2D eigenvalue weighted by molar-refractivity contribution is 0.0691. The van der Waals surface area contributed by atoms with Crippen molar-refractivity contribution in [2.45, 2.75) is 12.8 Å². The van der Waals surface area contributed by atoms with Crippen LogP contribution in [0.1, 0.15) is 12.8 Å². The van der Waals surface area contributed by atoms with E-state index in [0.717, 1.165) is 37.4 Å². The predicted octanol–water partition coefficient (Wildman–Crippen LogP) is 2.12. The van der Waals surface area contributed by atoms with Gasteiger partial charge < -0.3 is 20.5 Å². The molecule has 0 radical (unpaired) electrons. The molecule has 0 unspecified atom stereocenters. The number of hydrogen-bond acceptors (Lipinski definition) is 4. The fourth-order valence-corrected chi connectivity index (χ4v) is 1.45. The Kier molecular flexibility index (Phi) is 7.18. The fourth-order valence-electron chi connectivity index (χ4n) is 1.45. The van der Waals surface area contributed by atoms with Crippen LogP contribution < -0.4 is 11.1 Å². The van der Waals surface area contributed by atoms with E-state index in [-0.39, 0.29) is 0 Å². The summed E-state index contributed by atoms with van der Waals surface area (Å²) in [4.78, 5) is 0. The van der Waals surface area contributed by atoms with Gasteiger partial charge in [0.25, 0.3) is 0 Å². The van der Waals surface area contributed by atoms with Crippen molar-refractivity contribution in [3.05, 3.63) is 24.3 Å². The van der Waals surface area contributed by atoms with Crippen molar-refractivity contribution in [2.24, 2.45) is 0 Å². The van der Waals surface area contributed by atoms with Crippen LogP contribution in [0.25, 0.3) is 0 Å². The zero-order chi connectivity index (χ0) is 12.3. The molecule has 96 valence electrons. The normalized spacial score (nSPS) is 10.4. The summed E-state index contributed by atoms with van der Waals surface area (Å²) in [5.41, 5.74) is 7.62. The molecule has 0 fully saturated rings. The molecule has 0 aliphatic rings. The molecule has 0 aliphatic carbocycles. The number of rotatable bonds is 9. The molecule has 0 heterocycles. The van der Waals surface area contributed by atoms with Gasteiger partial charge in [0.05, 0.1) is 24.6 Å². The molecule has 3 N–H and O–H groups in total. The minimum absolute atomic E-state index is 0.665. The highest BCUT2D eigenvalue weighted by atomic mass is 16.5. The zero-order valence-corrected chi connectivity index (χ0v) is 10.4. The highest BCUT2D eigenvalue weighted by molar-refractivity contribution is 5.65. The topological polar surface area (TPSA) is 56.5 Å². The Morgan fingerprint density at radius 3 is 2.71 bits per heavy atom. The van der Waals surface area contributed by atoms with Gasteiger partial charge >= 0.3 is 0 Å². The van der Waals surface area contributed by atoms with Gasteiger partial charge in [0.15, 0.2) is 0 Å². The molecule has 1 aromatic carbocycles. The number of para-hydroxylation sites is 2. The van der Waals surface area contributed by atoms with Crippen LogP contribution in [0.2, 0.25) is 0 Å². The van der Waals surface area contributed by atoms with Crippen molar-refractivity contribution in [2.75, 3.05) is 44.5 Å². The van der Waals surface area contributed by atoms with Crippen molar-refractivity contribution >= 4 is 11.4 Å². The van der Waals surface area contributed by atoms with Gasteiger partial charge in [0.2, 0.25) is 0 Å². The first-order valence-corrected chi connectivity index (χ1v) is 5.99. The summed E-state index contributed by atoms with van der Waals surface area (Å²) < 4.78 is 10.3. The average Bonchev–Trinajstić information content (AvgIpc) is 2.35. The maximum Gasteiger partial charge on any atom is 0.0700 e. The van der Waals surface area contributed by atoms with Crippen LogP contribution in [0.5, 0.6) is 0 Å². The van der Waals surface area contributed by atoms with E-state index in [1.54, 1.807) is 7.11 Å². The molecule has 0 saturated heterocycles. The summed E-state index contributed by atoms with van der Waals surface area (Å²) in [6.45, 7) is 3.05. The fraction of sp³-hybridized carbons (Fsp3) is 0.538. The molecule has 0 bridgehead atoms. The van der Waals surface area contributed by atoms with E-state index in [2.05, 4.69) is 5.32 Å². The van der Waals surface area contributed by atoms with E-state index in [9.17, 15) is 0 Å². The zero-order valence-electron chi connectivity index (χ0n) is 10.4. The molecule has 0 saturated carbocycles. The van der Waals surface area contributed by atoms with Crippen molar-refractivity contribution < 1.29 is 9.47 Å². The quantitative estimate of drug-likeness (QED) is 0.511. The van der Waals surface area contributed by atoms with Crippen LogP contribution in [0, 0.1) is 0 Å². The second-order valence-electron chi connectivity index (χ2n) is 3.83. The summed E-state index contributed by atoms with van der Waals surface area (Å²) in [6.07, 6.45) is 2.12. The van der Waals surface area contributed by atoms with Gasteiger partial charge in [-0.05, 0) is 25.0 Å². The Bertz CT molecular complexity index is 305. The molecular formula is C13H22N2O2. The summed E-state index contributed by atoms with van der Waals surface area (Å²) in [7, 11) is 1.68. The van der Waals surface area contributed by atoms with Crippen LogP contribution in [0.4, 0.5) is 11.4 Å². The highest BCUT2D eigenvalue weighted by Crippen LogP contribution is 2.16.